The highest BCUT2D eigenvalue weighted by Gasteiger charge is 2.30. The van der Waals surface area contributed by atoms with Gasteiger partial charge in [0.1, 0.15) is 0 Å². The van der Waals surface area contributed by atoms with E-state index in [1.807, 2.05) is 13.2 Å². The Labute approximate surface area is 123 Å². The Balaban J connectivity index is 2.41. The fourth-order valence-corrected chi connectivity index (χ4v) is 3.86. The van der Waals surface area contributed by atoms with Crippen LogP contribution in [0.3, 0.4) is 0 Å². The molecule has 1 amide bonds. The normalized spacial score (nSPS) is 20.2. The number of hydrogen-bond acceptors (Lipinski definition) is 4. The molecule has 6 heteroatoms. The number of nitrogens with one attached hydrogen (secondary N) is 1. The maximum atomic E-state index is 11.9. The van der Waals surface area contributed by atoms with Gasteiger partial charge in [-0.2, -0.15) is 11.8 Å². The molecule has 0 saturated carbocycles. The van der Waals surface area contributed by atoms with Gasteiger partial charge in [0, 0.05) is 59.1 Å². The summed E-state index contributed by atoms with van der Waals surface area (Å²) in [5.74, 6) is 2.54. The van der Waals surface area contributed by atoms with Gasteiger partial charge < -0.3 is 5.32 Å². The Hall–Kier alpha value is -0.0700. The Morgan fingerprint density at radius 2 is 2.00 bits per heavy atom. The van der Waals surface area contributed by atoms with Gasteiger partial charge >= 0.3 is 0 Å². The van der Waals surface area contributed by atoms with Crippen LogP contribution >= 0.6 is 11.8 Å². The quantitative estimate of drug-likeness (QED) is 0.794. The first-order chi connectivity index (χ1) is 8.86. The van der Waals surface area contributed by atoms with Gasteiger partial charge in [-0.3, -0.25) is 13.9 Å². The van der Waals surface area contributed by atoms with Gasteiger partial charge in [0.25, 0.3) is 0 Å². The molecule has 0 radical (unpaired) electrons. The van der Waals surface area contributed by atoms with Gasteiger partial charge in [-0.05, 0) is 20.1 Å². The summed E-state index contributed by atoms with van der Waals surface area (Å²) in [7, 11) is -0.650. The predicted molar refractivity (Wildman–Crippen MR) is 84.1 cm³/mol. The third kappa shape index (κ3) is 5.44. The van der Waals surface area contributed by atoms with E-state index in [0.29, 0.717) is 6.54 Å². The molecule has 1 atom stereocenters. The van der Waals surface area contributed by atoms with E-state index in [2.05, 4.69) is 24.1 Å². The van der Waals surface area contributed by atoms with Crippen LogP contribution < -0.4 is 5.32 Å². The van der Waals surface area contributed by atoms with Crippen molar-refractivity contribution in [3.8, 4) is 0 Å². The zero-order valence-corrected chi connectivity index (χ0v) is 14.0. The second-order valence-electron chi connectivity index (χ2n) is 5.72. The van der Waals surface area contributed by atoms with Crippen LogP contribution in [0.2, 0.25) is 0 Å². The van der Waals surface area contributed by atoms with Crippen LogP contribution in [0.1, 0.15) is 20.8 Å². The molecule has 1 aliphatic rings. The third-order valence-electron chi connectivity index (χ3n) is 3.59. The molecule has 1 saturated heterocycles. The van der Waals surface area contributed by atoms with Crippen molar-refractivity contribution in [1.29, 1.82) is 0 Å². The number of thioether (sulfide) groups is 1. The van der Waals surface area contributed by atoms with E-state index in [9.17, 15) is 9.00 Å². The average Bonchev–Trinajstić information content (AvgIpc) is 2.37. The van der Waals surface area contributed by atoms with Crippen LogP contribution in [0.15, 0.2) is 0 Å². The van der Waals surface area contributed by atoms with Crippen LogP contribution in [0, 0.1) is 5.92 Å². The predicted octanol–water partition coefficient (Wildman–Crippen LogP) is 0.945. The Morgan fingerprint density at radius 3 is 2.53 bits per heavy atom. The molecule has 1 N–H and O–H groups in total. The standard InChI is InChI=1S/C13H26N2O2S2/c1-11(9-18-4)12(16)14-10-13(2,3)15-5-7-19(17)8-6-15/h11H,5-10H2,1-4H3,(H,14,16)/t11-/m0/s1. The van der Waals surface area contributed by atoms with Crippen molar-refractivity contribution in [2.24, 2.45) is 5.92 Å². The fraction of sp³-hybridized carbons (Fsp3) is 0.923. The molecule has 1 fully saturated rings. The zero-order valence-electron chi connectivity index (χ0n) is 12.4. The lowest BCUT2D eigenvalue weighted by atomic mass is 10.0. The summed E-state index contributed by atoms with van der Waals surface area (Å²) >= 11 is 1.69. The zero-order chi connectivity index (χ0) is 14.5. The van der Waals surface area contributed by atoms with Crippen LogP contribution in [0.5, 0.6) is 0 Å². The lowest BCUT2D eigenvalue weighted by Crippen LogP contribution is -2.56. The Bertz CT molecular complexity index is 325. The summed E-state index contributed by atoms with van der Waals surface area (Å²) in [6.07, 6.45) is 2.02. The SMILES string of the molecule is CSC[C@H](C)C(=O)NCC(C)(C)N1CCS(=O)CC1. The largest absolute Gasteiger partial charge is 0.354 e. The summed E-state index contributed by atoms with van der Waals surface area (Å²) in [5.41, 5.74) is -0.0701. The first kappa shape index (κ1) is 17.0. The van der Waals surface area contributed by atoms with E-state index < -0.39 is 10.8 Å². The number of nitrogens with zero attached hydrogens (tertiary/aromatic N) is 1. The average molecular weight is 306 g/mol. The molecule has 0 aromatic carbocycles. The summed E-state index contributed by atoms with van der Waals surface area (Å²) in [6.45, 7) is 8.60. The first-order valence-corrected chi connectivity index (χ1v) is 9.61. The van der Waals surface area contributed by atoms with Gasteiger partial charge in [-0.15, -0.1) is 0 Å². The molecule has 4 nitrogen and oxygen atoms in total. The molecule has 0 spiro atoms. The second kappa shape index (κ2) is 7.64. The van der Waals surface area contributed by atoms with Gasteiger partial charge in [0.15, 0.2) is 0 Å². The van der Waals surface area contributed by atoms with Gasteiger partial charge in [-0.25, -0.2) is 0 Å². The third-order valence-corrected chi connectivity index (χ3v) is 5.70. The van der Waals surface area contributed by atoms with Crippen molar-refractivity contribution in [1.82, 2.24) is 10.2 Å². The Morgan fingerprint density at radius 1 is 1.42 bits per heavy atom. The maximum absolute atomic E-state index is 11.9. The van der Waals surface area contributed by atoms with Gasteiger partial charge in [-0.1, -0.05) is 6.92 Å². The van der Waals surface area contributed by atoms with Crippen LogP contribution in [-0.4, -0.2) is 63.7 Å². The minimum Gasteiger partial charge on any atom is -0.354 e. The summed E-state index contributed by atoms with van der Waals surface area (Å²) in [5, 5.41) is 3.05. The van der Waals surface area contributed by atoms with Crippen LogP contribution in [0.4, 0.5) is 0 Å². The lowest BCUT2D eigenvalue weighted by molar-refractivity contribution is -0.124. The van der Waals surface area contributed by atoms with Crippen LogP contribution in [0.25, 0.3) is 0 Å². The Kier molecular flexibility index (Phi) is 6.83. The number of rotatable bonds is 6. The highest BCUT2D eigenvalue weighted by molar-refractivity contribution is 7.98. The molecule has 19 heavy (non-hydrogen) atoms. The van der Waals surface area contributed by atoms with E-state index in [0.717, 1.165) is 30.3 Å². The maximum Gasteiger partial charge on any atom is 0.223 e. The van der Waals surface area contributed by atoms with Gasteiger partial charge in [0.05, 0.1) is 0 Å². The summed E-state index contributed by atoms with van der Waals surface area (Å²) < 4.78 is 11.4. The molecular weight excluding hydrogens is 280 g/mol. The number of carbonyl (C=O) groups excluding carboxylic acids is 1. The van der Waals surface area contributed by atoms with Crippen molar-refractivity contribution in [3.05, 3.63) is 0 Å². The van der Waals surface area contributed by atoms with E-state index in [-0.39, 0.29) is 17.4 Å². The molecular formula is C13H26N2O2S2. The monoisotopic (exact) mass is 306 g/mol. The highest BCUT2D eigenvalue weighted by atomic mass is 32.2. The molecule has 112 valence electrons. The molecule has 1 rings (SSSR count). The minimum atomic E-state index is -0.650. The van der Waals surface area contributed by atoms with Crippen molar-refractivity contribution >= 4 is 28.5 Å². The van der Waals surface area contributed by atoms with Crippen LogP contribution in [-0.2, 0) is 15.6 Å². The van der Waals surface area contributed by atoms with E-state index in [4.69, 9.17) is 0 Å². The van der Waals surface area contributed by atoms with E-state index >= 15 is 0 Å². The topological polar surface area (TPSA) is 49.4 Å². The van der Waals surface area contributed by atoms with Gasteiger partial charge in [0.2, 0.25) is 5.91 Å². The van der Waals surface area contributed by atoms with Crippen molar-refractivity contribution in [2.45, 2.75) is 26.3 Å². The molecule has 1 aliphatic heterocycles. The van der Waals surface area contributed by atoms with Crippen molar-refractivity contribution in [2.75, 3.05) is 43.1 Å². The number of carbonyl (C=O) groups is 1. The van der Waals surface area contributed by atoms with Crippen molar-refractivity contribution in [3.63, 3.8) is 0 Å². The molecule has 0 aliphatic carbocycles. The van der Waals surface area contributed by atoms with E-state index in [1.165, 1.54) is 0 Å². The highest BCUT2D eigenvalue weighted by Crippen LogP contribution is 2.16. The molecule has 0 aromatic heterocycles. The van der Waals surface area contributed by atoms with E-state index in [1.54, 1.807) is 11.8 Å². The fourth-order valence-electron chi connectivity index (χ4n) is 2.16. The van der Waals surface area contributed by atoms with Crippen molar-refractivity contribution < 1.29 is 9.00 Å². The lowest BCUT2D eigenvalue weighted by Gasteiger charge is -2.40. The summed E-state index contributed by atoms with van der Waals surface area (Å²) in [4.78, 5) is 14.3. The first-order valence-electron chi connectivity index (χ1n) is 6.73. The molecule has 0 unspecified atom stereocenters. The number of amides is 1. The molecule has 1 heterocycles. The summed E-state index contributed by atoms with van der Waals surface area (Å²) in [6, 6.07) is 0. The molecule has 0 bridgehead atoms. The number of hydrogen-bond donors (Lipinski definition) is 1. The second-order valence-corrected chi connectivity index (χ2v) is 8.33. The smallest absolute Gasteiger partial charge is 0.223 e. The minimum absolute atomic E-state index is 0.0552. The molecule has 0 aromatic rings.